The molecular formula is C16H27N3. The van der Waals surface area contributed by atoms with Crippen molar-refractivity contribution in [3.63, 3.8) is 0 Å². The van der Waals surface area contributed by atoms with E-state index in [2.05, 4.69) is 60.2 Å². The zero-order chi connectivity index (χ0) is 13.7. The van der Waals surface area contributed by atoms with E-state index < -0.39 is 0 Å². The van der Waals surface area contributed by atoms with E-state index in [0.717, 1.165) is 19.6 Å². The molecule has 3 nitrogen and oxygen atoms in total. The average Bonchev–Trinajstić information content (AvgIpc) is 2.39. The molecule has 1 aliphatic heterocycles. The lowest BCUT2D eigenvalue weighted by Gasteiger charge is -2.36. The topological polar surface area (TPSA) is 18.5 Å². The second-order valence-corrected chi connectivity index (χ2v) is 5.78. The molecule has 1 aromatic carbocycles. The highest BCUT2D eigenvalue weighted by Crippen LogP contribution is 2.17. The number of nitrogens with one attached hydrogen (secondary N) is 1. The minimum absolute atomic E-state index is 0.591. The Morgan fingerprint density at radius 2 is 1.89 bits per heavy atom. The molecular weight excluding hydrogens is 234 g/mol. The van der Waals surface area contributed by atoms with Gasteiger partial charge in [0.1, 0.15) is 0 Å². The quantitative estimate of drug-likeness (QED) is 0.876. The maximum absolute atomic E-state index is 3.49. The largest absolute Gasteiger partial charge is 0.369 e. The first kappa shape index (κ1) is 14.4. The summed E-state index contributed by atoms with van der Waals surface area (Å²) < 4.78 is 0. The molecule has 1 heterocycles. The first-order valence-electron chi connectivity index (χ1n) is 7.42. The summed E-state index contributed by atoms with van der Waals surface area (Å²) >= 11 is 0. The number of nitrogens with zero attached hydrogens (tertiary/aromatic N) is 2. The normalized spacial score (nSPS) is 17.2. The van der Waals surface area contributed by atoms with Gasteiger partial charge < -0.3 is 10.2 Å². The van der Waals surface area contributed by atoms with Crippen molar-refractivity contribution in [2.24, 2.45) is 0 Å². The molecule has 0 spiro atoms. The summed E-state index contributed by atoms with van der Waals surface area (Å²) in [7, 11) is 0. The molecule has 0 aromatic heterocycles. The van der Waals surface area contributed by atoms with Crippen molar-refractivity contribution in [1.29, 1.82) is 0 Å². The Morgan fingerprint density at radius 1 is 1.16 bits per heavy atom. The van der Waals surface area contributed by atoms with Crippen molar-refractivity contribution in [2.45, 2.75) is 26.8 Å². The standard InChI is InChI=1S/C16H27N3/c1-14(2)17-7-8-18-9-11-19(12-10-18)16-6-4-5-15(3)13-16/h4-6,13-14,17H,7-12H2,1-3H3. The van der Waals surface area contributed by atoms with E-state index in [4.69, 9.17) is 0 Å². The van der Waals surface area contributed by atoms with Crippen LogP contribution in [0.4, 0.5) is 5.69 Å². The Kier molecular flexibility index (Phi) is 5.23. The highest BCUT2D eigenvalue weighted by Gasteiger charge is 2.16. The summed E-state index contributed by atoms with van der Waals surface area (Å²) in [6.45, 7) is 13.5. The van der Waals surface area contributed by atoms with Gasteiger partial charge in [-0.3, -0.25) is 4.90 Å². The zero-order valence-corrected chi connectivity index (χ0v) is 12.5. The fraction of sp³-hybridized carbons (Fsp3) is 0.625. The van der Waals surface area contributed by atoms with Gasteiger partial charge in [-0.25, -0.2) is 0 Å². The molecule has 0 radical (unpaired) electrons. The number of benzene rings is 1. The maximum atomic E-state index is 3.49. The van der Waals surface area contributed by atoms with Crippen LogP contribution >= 0.6 is 0 Å². The fourth-order valence-electron chi connectivity index (χ4n) is 2.57. The molecule has 0 amide bonds. The maximum Gasteiger partial charge on any atom is 0.0369 e. The van der Waals surface area contributed by atoms with E-state index in [1.807, 2.05) is 0 Å². The fourth-order valence-corrected chi connectivity index (χ4v) is 2.57. The van der Waals surface area contributed by atoms with Crippen LogP contribution in [0.1, 0.15) is 19.4 Å². The van der Waals surface area contributed by atoms with Crippen LogP contribution in [0.5, 0.6) is 0 Å². The minimum Gasteiger partial charge on any atom is -0.369 e. The highest BCUT2D eigenvalue weighted by molar-refractivity contribution is 5.48. The molecule has 0 aliphatic carbocycles. The third-order valence-electron chi connectivity index (χ3n) is 3.72. The van der Waals surface area contributed by atoms with Gasteiger partial charge in [-0.05, 0) is 24.6 Å². The van der Waals surface area contributed by atoms with E-state index >= 15 is 0 Å². The summed E-state index contributed by atoms with van der Waals surface area (Å²) in [5, 5.41) is 3.49. The lowest BCUT2D eigenvalue weighted by molar-refractivity contribution is 0.255. The van der Waals surface area contributed by atoms with Crippen LogP contribution < -0.4 is 10.2 Å². The Labute approximate surface area is 117 Å². The first-order chi connectivity index (χ1) is 9.15. The van der Waals surface area contributed by atoms with E-state index in [9.17, 15) is 0 Å². The Morgan fingerprint density at radius 3 is 2.53 bits per heavy atom. The molecule has 1 aliphatic rings. The van der Waals surface area contributed by atoms with Gasteiger partial charge in [-0.15, -0.1) is 0 Å². The van der Waals surface area contributed by atoms with E-state index in [-0.39, 0.29) is 0 Å². The van der Waals surface area contributed by atoms with Crippen molar-refractivity contribution in [2.75, 3.05) is 44.2 Å². The number of anilines is 1. The van der Waals surface area contributed by atoms with Gasteiger partial charge in [-0.1, -0.05) is 26.0 Å². The summed E-state index contributed by atoms with van der Waals surface area (Å²) in [4.78, 5) is 5.06. The van der Waals surface area contributed by atoms with Crippen LogP contribution in [0, 0.1) is 6.92 Å². The molecule has 0 unspecified atom stereocenters. The second-order valence-electron chi connectivity index (χ2n) is 5.78. The van der Waals surface area contributed by atoms with Gasteiger partial charge >= 0.3 is 0 Å². The zero-order valence-electron chi connectivity index (χ0n) is 12.5. The van der Waals surface area contributed by atoms with Crippen LogP contribution in [-0.2, 0) is 0 Å². The number of hydrogen-bond acceptors (Lipinski definition) is 3. The lowest BCUT2D eigenvalue weighted by atomic mass is 10.2. The second kappa shape index (κ2) is 6.92. The monoisotopic (exact) mass is 261 g/mol. The van der Waals surface area contributed by atoms with E-state index in [1.165, 1.54) is 30.9 Å². The lowest BCUT2D eigenvalue weighted by Crippen LogP contribution is -2.48. The molecule has 0 saturated carbocycles. The summed E-state index contributed by atoms with van der Waals surface area (Å²) in [5.74, 6) is 0. The molecule has 1 fully saturated rings. The number of rotatable bonds is 5. The number of aryl methyl sites for hydroxylation is 1. The Hall–Kier alpha value is -1.06. The highest BCUT2D eigenvalue weighted by atomic mass is 15.3. The van der Waals surface area contributed by atoms with Crippen molar-refractivity contribution >= 4 is 5.69 Å². The van der Waals surface area contributed by atoms with Crippen LogP contribution in [0.25, 0.3) is 0 Å². The van der Waals surface area contributed by atoms with Crippen LogP contribution in [-0.4, -0.2) is 50.2 Å². The predicted octanol–water partition coefficient (Wildman–Crippen LogP) is 2.12. The summed E-state index contributed by atoms with van der Waals surface area (Å²) in [6, 6.07) is 9.42. The van der Waals surface area contributed by atoms with Gasteiger partial charge in [0.2, 0.25) is 0 Å². The molecule has 0 bridgehead atoms. The van der Waals surface area contributed by atoms with E-state index in [1.54, 1.807) is 0 Å². The Bertz CT molecular complexity index is 381. The van der Waals surface area contributed by atoms with Crippen molar-refractivity contribution < 1.29 is 0 Å². The molecule has 0 atom stereocenters. The number of hydrogen-bond donors (Lipinski definition) is 1. The van der Waals surface area contributed by atoms with Gasteiger partial charge in [-0.2, -0.15) is 0 Å². The van der Waals surface area contributed by atoms with Gasteiger partial charge in [0.05, 0.1) is 0 Å². The van der Waals surface area contributed by atoms with Gasteiger partial charge in [0.15, 0.2) is 0 Å². The molecule has 2 rings (SSSR count). The van der Waals surface area contributed by atoms with Crippen LogP contribution in [0.15, 0.2) is 24.3 Å². The average molecular weight is 261 g/mol. The first-order valence-corrected chi connectivity index (χ1v) is 7.42. The molecule has 1 aromatic rings. The Balaban J connectivity index is 1.76. The van der Waals surface area contributed by atoms with Gasteiger partial charge in [0.25, 0.3) is 0 Å². The van der Waals surface area contributed by atoms with Crippen molar-refractivity contribution in [1.82, 2.24) is 10.2 Å². The molecule has 1 saturated heterocycles. The van der Waals surface area contributed by atoms with Crippen molar-refractivity contribution in [3.8, 4) is 0 Å². The molecule has 1 N–H and O–H groups in total. The van der Waals surface area contributed by atoms with Gasteiger partial charge in [0, 0.05) is 51.0 Å². The summed E-state index contributed by atoms with van der Waals surface area (Å²) in [6.07, 6.45) is 0. The molecule has 19 heavy (non-hydrogen) atoms. The molecule has 3 heteroatoms. The van der Waals surface area contributed by atoms with Crippen LogP contribution in [0.3, 0.4) is 0 Å². The smallest absolute Gasteiger partial charge is 0.0369 e. The predicted molar refractivity (Wildman–Crippen MR) is 83.0 cm³/mol. The van der Waals surface area contributed by atoms with Crippen molar-refractivity contribution in [3.05, 3.63) is 29.8 Å². The SMILES string of the molecule is Cc1cccc(N2CCN(CCNC(C)C)CC2)c1. The number of piperazine rings is 1. The molecule has 106 valence electrons. The van der Waals surface area contributed by atoms with Crippen LogP contribution in [0.2, 0.25) is 0 Å². The third-order valence-corrected chi connectivity index (χ3v) is 3.72. The minimum atomic E-state index is 0.591. The third kappa shape index (κ3) is 4.51. The summed E-state index contributed by atoms with van der Waals surface area (Å²) in [5.41, 5.74) is 2.72. The van der Waals surface area contributed by atoms with E-state index in [0.29, 0.717) is 6.04 Å².